The van der Waals surface area contributed by atoms with Crippen molar-refractivity contribution in [3.05, 3.63) is 24.3 Å². The Hall–Kier alpha value is -0.600. The van der Waals surface area contributed by atoms with Crippen LogP contribution in [0.4, 0.5) is 0 Å². The van der Waals surface area contributed by atoms with Gasteiger partial charge in [0.25, 0.3) is 0 Å². The molecule has 0 aromatic heterocycles. The first-order chi connectivity index (χ1) is 7.83. The van der Waals surface area contributed by atoms with Gasteiger partial charge in [-0.2, -0.15) is 0 Å². The third-order valence-corrected chi connectivity index (χ3v) is 6.92. The summed E-state index contributed by atoms with van der Waals surface area (Å²) in [5, 5.41) is 20.0. The summed E-state index contributed by atoms with van der Waals surface area (Å²) >= 11 is 0. The van der Waals surface area contributed by atoms with E-state index in [0.717, 1.165) is 11.8 Å². The number of aliphatic hydroxyl groups is 2. The molecule has 0 amide bonds. The Bertz CT molecular complexity index is 380. The highest BCUT2D eigenvalue weighted by Gasteiger charge is 2.88. The minimum Gasteiger partial charge on any atom is -0.396 e. The second-order valence-corrected chi connectivity index (χ2v) is 6.42. The van der Waals surface area contributed by atoms with Gasteiger partial charge < -0.3 is 10.2 Å². The summed E-state index contributed by atoms with van der Waals surface area (Å²) in [6.45, 7) is 0.523. The molecule has 6 atom stereocenters. The summed E-state index contributed by atoms with van der Waals surface area (Å²) in [4.78, 5) is 0. The molecule has 8 bridgehead atoms. The zero-order valence-corrected chi connectivity index (χ0v) is 9.08. The molecule has 2 N–H and O–H groups in total. The second kappa shape index (κ2) is 2.06. The van der Waals surface area contributed by atoms with Crippen LogP contribution in [-0.2, 0) is 0 Å². The average Bonchev–Trinajstić information content (AvgIpc) is 3.06. The fraction of sp³-hybridized carbons (Fsp3) is 0.714. The van der Waals surface area contributed by atoms with Gasteiger partial charge in [0.2, 0.25) is 0 Å². The molecule has 6 rings (SSSR count). The highest BCUT2D eigenvalue weighted by molar-refractivity contribution is 5.47. The summed E-state index contributed by atoms with van der Waals surface area (Å²) in [6.07, 6.45) is 9.34. The molecule has 4 saturated carbocycles. The van der Waals surface area contributed by atoms with Crippen LogP contribution in [0.25, 0.3) is 0 Å². The molecular weight excluding hydrogens is 200 g/mol. The molecule has 0 aromatic carbocycles. The van der Waals surface area contributed by atoms with E-state index in [9.17, 15) is 10.2 Å². The Morgan fingerprint density at radius 3 is 1.25 bits per heavy atom. The van der Waals surface area contributed by atoms with E-state index in [1.807, 2.05) is 0 Å². The van der Waals surface area contributed by atoms with Crippen LogP contribution in [-0.4, -0.2) is 23.4 Å². The quantitative estimate of drug-likeness (QED) is 0.671. The minimum absolute atomic E-state index is 0.00405. The molecule has 0 aromatic rings. The summed E-state index contributed by atoms with van der Waals surface area (Å²) in [5.41, 5.74) is -0.00810. The van der Waals surface area contributed by atoms with E-state index in [4.69, 9.17) is 0 Å². The third-order valence-electron chi connectivity index (χ3n) is 6.92. The van der Waals surface area contributed by atoms with Crippen molar-refractivity contribution in [2.24, 2.45) is 46.3 Å². The molecule has 84 valence electrons. The molecule has 2 heteroatoms. The van der Waals surface area contributed by atoms with Gasteiger partial charge in [0.05, 0.1) is 13.2 Å². The Morgan fingerprint density at radius 2 is 1.00 bits per heavy atom. The molecule has 6 aliphatic rings. The molecule has 4 fully saturated rings. The van der Waals surface area contributed by atoms with E-state index < -0.39 is 0 Å². The summed E-state index contributed by atoms with van der Waals surface area (Å²) in [7, 11) is 0. The first kappa shape index (κ1) is 8.48. The molecule has 16 heavy (non-hydrogen) atoms. The Labute approximate surface area is 94.7 Å². The van der Waals surface area contributed by atoms with Gasteiger partial charge in [-0.15, -0.1) is 0 Å². The molecule has 6 aliphatic carbocycles. The van der Waals surface area contributed by atoms with Crippen molar-refractivity contribution in [2.75, 3.05) is 13.2 Å². The minimum atomic E-state index is -0.00405. The molecule has 2 unspecified atom stereocenters. The molecule has 0 aliphatic heterocycles. The monoisotopic (exact) mass is 216 g/mol. The van der Waals surface area contributed by atoms with Crippen molar-refractivity contribution >= 4 is 0 Å². The van der Waals surface area contributed by atoms with E-state index in [1.54, 1.807) is 0 Å². The van der Waals surface area contributed by atoms with Crippen LogP contribution in [0.15, 0.2) is 24.3 Å². The van der Waals surface area contributed by atoms with Crippen molar-refractivity contribution < 1.29 is 10.2 Å². The van der Waals surface area contributed by atoms with Crippen molar-refractivity contribution in [3.8, 4) is 0 Å². The van der Waals surface area contributed by atoms with Gasteiger partial charge in [-0.05, 0) is 35.5 Å². The van der Waals surface area contributed by atoms with Crippen LogP contribution in [0.1, 0.15) is 0 Å². The van der Waals surface area contributed by atoms with Gasteiger partial charge in [0, 0.05) is 10.8 Å². The van der Waals surface area contributed by atoms with Crippen LogP contribution in [0, 0.1) is 46.3 Å². The topological polar surface area (TPSA) is 40.5 Å². The van der Waals surface area contributed by atoms with Crippen molar-refractivity contribution in [3.63, 3.8) is 0 Å². The summed E-state index contributed by atoms with van der Waals surface area (Å²) in [5.74, 6) is 3.64. The zero-order valence-electron chi connectivity index (χ0n) is 9.08. The van der Waals surface area contributed by atoms with Crippen LogP contribution < -0.4 is 0 Å². The third kappa shape index (κ3) is 0.440. The molecule has 0 radical (unpaired) electrons. The standard InChI is InChI=1S/C14H16O2/c15-5-13-7-1-2-8-11(7)12-9(13)3-4-10(12)14(8,13)6-16/h1-4,7-12,15-16H,5-6H2/t7-,8-,9+,10+,11?,12?,13?,14?. The van der Waals surface area contributed by atoms with Gasteiger partial charge in [-0.25, -0.2) is 0 Å². The Kier molecular flexibility index (Phi) is 1.09. The van der Waals surface area contributed by atoms with Crippen LogP contribution >= 0.6 is 0 Å². The van der Waals surface area contributed by atoms with E-state index >= 15 is 0 Å². The first-order valence-electron chi connectivity index (χ1n) is 6.41. The van der Waals surface area contributed by atoms with E-state index in [1.165, 1.54) is 0 Å². The lowest BCUT2D eigenvalue weighted by molar-refractivity contribution is -0.0739. The SMILES string of the molecule is OCC12[C@@H]3C=C[C@@H]4C3C3[C@@H]1C=C[C@@H]3C42CO. The molecule has 2 nitrogen and oxygen atoms in total. The largest absolute Gasteiger partial charge is 0.396 e. The lowest BCUT2D eigenvalue weighted by atomic mass is 9.54. The van der Waals surface area contributed by atoms with Crippen molar-refractivity contribution in [1.29, 1.82) is 0 Å². The first-order valence-corrected chi connectivity index (χ1v) is 6.41. The second-order valence-electron chi connectivity index (χ2n) is 6.42. The number of rotatable bonds is 2. The van der Waals surface area contributed by atoms with Crippen molar-refractivity contribution in [2.45, 2.75) is 0 Å². The van der Waals surface area contributed by atoms with Crippen LogP contribution in [0.3, 0.4) is 0 Å². The van der Waals surface area contributed by atoms with Gasteiger partial charge in [-0.3, -0.25) is 0 Å². The van der Waals surface area contributed by atoms with E-state index in [2.05, 4.69) is 24.3 Å². The number of hydrogen-bond donors (Lipinski definition) is 2. The highest BCUT2D eigenvalue weighted by Crippen LogP contribution is 2.89. The average molecular weight is 216 g/mol. The van der Waals surface area contributed by atoms with Gasteiger partial charge >= 0.3 is 0 Å². The van der Waals surface area contributed by atoms with Gasteiger partial charge in [-0.1, -0.05) is 24.3 Å². The fourth-order valence-electron chi connectivity index (χ4n) is 6.86. The fourth-order valence-corrected chi connectivity index (χ4v) is 6.86. The lowest BCUT2D eigenvalue weighted by Crippen LogP contribution is -2.52. The predicted octanol–water partition coefficient (Wildman–Crippen LogP) is 0.821. The Balaban J connectivity index is 1.88. The molecule has 0 saturated heterocycles. The number of aliphatic hydroxyl groups excluding tert-OH is 2. The maximum absolute atomic E-state index is 10.0. The van der Waals surface area contributed by atoms with Crippen molar-refractivity contribution in [1.82, 2.24) is 0 Å². The smallest absolute Gasteiger partial charge is 0.0505 e. The molecular formula is C14H16O2. The molecule has 0 heterocycles. The maximum atomic E-state index is 10.0. The lowest BCUT2D eigenvalue weighted by Gasteiger charge is -2.51. The number of hydrogen-bond acceptors (Lipinski definition) is 2. The number of allylic oxidation sites excluding steroid dienone is 4. The maximum Gasteiger partial charge on any atom is 0.0505 e. The van der Waals surface area contributed by atoms with Gasteiger partial charge in [0.1, 0.15) is 0 Å². The Morgan fingerprint density at radius 1 is 0.688 bits per heavy atom. The van der Waals surface area contributed by atoms with E-state index in [-0.39, 0.29) is 24.0 Å². The highest BCUT2D eigenvalue weighted by atomic mass is 16.3. The van der Waals surface area contributed by atoms with Crippen LogP contribution in [0.5, 0.6) is 0 Å². The summed E-state index contributed by atoms with van der Waals surface area (Å²) < 4.78 is 0. The molecule has 0 spiro atoms. The normalized spacial score (nSPS) is 70.4. The zero-order chi connectivity index (χ0) is 10.7. The van der Waals surface area contributed by atoms with E-state index in [0.29, 0.717) is 23.7 Å². The summed E-state index contributed by atoms with van der Waals surface area (Å²) in [6, 6.07) is 0. The predicted molar refractivity (Wildman–Crippen MR) is 58.3 cm³/mol. The van der Waals surface area contributed by atoms with Gasteiger partial charge in [0.15, 0.2) is 0 Å². The van der Waals surface area contributed by atoms with Crippen LogP contribution in [0.2, 0.25) is 0 Å².